The van der Waals surface area contributed by atoms with E-state index in [1.54, 1.807) is 12.4 Å². The average Bonchev–Trinajstić information content (AvgIpc) is 2.91. The Kier molecular flexibility index (Phi) is 2.99. The van der Waals surface area contributed by atoms with Crippen LogP contribution in [0.5, 0.6) is 0 Å². The molecule has 1 aliphatic carbocycles. The fourth-order valence-corrected chi connectivity index (χ4v) is 2.27. The summed E-state index contributed by atoms with van der Waals surface area (Å²) in [4.78, 5) is 9.04. The first-order valence-corrected chi connectivity index (χ1v) is 6.07. The highest BCUT2D eigenvalue weighted by Crippen LogP contribution is 2.37. The molecule has 0 aliphatic heterocycles. The first-order valence-electron chi connectivity index (χ1n) is 4.36. The van der Waals surface area contributed by atoms with Crippen molar-refractivity contribution >= 4 is 31.9 Å². The van der Waals surface area contributed by atoms with Gasteiger partial charge in [0.15, 0.2) is 0 Å². The second kappa shape index (κ2) is 4.05. The molecular weight excluding hydrogens is 296 g/mol. The summed E-state index contributed by atoms with van der Waals surface area (Å²) >= 11 is 6.98. The van der Waals surface area contributed by atoms with Gasteiger partial charge in [-0.25, -0.2) is 9.97 Å². The molecule has 1 fully saturated rings. The Hall–Kier alpha value is 0.0400. The van der Waals surface area contributed by atoms with Crippen LogP contribution < -0.4 is 0 Å². The summed E-state index contributed by atoms with van der Waals surface area (Å²) in [6, 6.07) is 0. The van der Waals surface area contributed by atoms with Gasteiger partial charge >= 0.3 is 0 Å². The van der Waals surface area contributed by atoms with Crippen LogP contribution in [0.15, 0.2) is 16.9 Å². The molecule has 1 heterocycles. The van der Waals surface area contributed by atoms with Crippen molar-refractivity contribution in [2.45, 2.75) is 24.1 Å². The maximum atomic E-state index is 4.24. The van der Waals surface area contributed by atoms with Crippen molar-refractivity contribution in [1.82, 2.24) is 9.97 Å². The maximum absolute atomic E-state index is 4.24. The van der Waals surface area contributed by atoms with E-state index >= 15 is 0 Å². The Morgan fingerprint density at radius 1 is 1.38 bits per heavy atom. The van der Waals surface area contributed by atoms with Gasteiger partial charge in [-0.2, -0.15) is 0 Å². The van der Waals surface area contributed by atoms with Gasteiger partial charge in [-0.1, -0.05) is 15.9 Å². The largest absolute Gasteiger partial charge is 0.240 e. The normalized spacial score (nSPS) is 18.6. The van der Waals surface area contributed by atoms with Crippen LogP contribution in [0.2, 0.25) is 0 Å². The van der Waals surface area contributed by atoms with E-state index in [2.05, 4.69) is 41.8 Å². The van der Waals surface area contributed by atoms with Gasteiger partial charge in [-0.15, -0.1) is 0 Å². The zero-order valence-corrected chi connectivity index (χ0v) is 10.3. The summed E-state index contributed by atoms with van der Waals surface area (Å²) in [5, 5.41) is 0. The van der Waals surface area contributed by atoms with Crippen LogP contribution in [0.4, 0.5) is 0 Å². The second-order valence-corrected chi connectivity index (χ2v) is 5.47. The van der Waals surface area contributed by atoms with E-state index in [4.69, 9.17) is 0 Å². The smallest absolute Gasteiger partial charge is 0.129 e. The van der Waals surface area contributed by atoms with Crippen molar-refractivity contribution in [3.05, 3.63) is 22.7 Å². The topological polar surface area (TPSA) is 25.8 Å². The van der Waals surface area contributed by atoms with Gasteiger partial charge in [0.25, 0.3) is 0 Å². The standard InChI is InChI=1S/C9H10Br2N2/c10-7-4-12-9(13-5-7)3-8(11)6-1-2-6/h4-6,8H,1-3H2. The van der Waals surface area contributed by atoms with E-state index < -0.39 is 0 Å². The zero-order valence-electron chi connectivity index (χ0n) is 7.08. The van der Waals surface area contributed by atoms with Crippen LogP contribution in [0, 0.1) is 5.92 Å². The maximum Gasteiger partial charge on any atom is 0.129 e. The molecule has 1 aliphatic rings. The van der Waals surface area contributed by atoms with Crippen molar-refractivity contribution in [1.29, 1.82) is 0 Å². The van der Waals surface area contributed by atoms with Crippen molar-refractivity contribution in [3.63, 3.8) is 0 Å². The summed E-state index contributed by atoms with van der Waals surface area (Å²) in [5.74, 6) is 1.78. The van der Waals surface area contributed by atoms with E-state index in [0.717, 1.165) is 22.6 Å². The molecule has 1 aromatic rings. The fraction of sp³-hybridized carbons (Fsp3) is 0.556. The molecule has 0 radical (unpaired) electrons. The Labute approximate surface area is 94.4 Å². The third kappa shape index (κ3) is 2.74. The Balaban J connectivity index is 1.96. The van der Waals surface area contributed by atoms with Crippen molar-refractivity contribution in [3.8, 4) is 0 Å². The minimum absolute atomic E-state index is 0.564. The zero-order chi connectivity index (χ0) is 9.26. The number of hydrogen-bond donors (Lipinski definition) is 0. The molecule has 2 rings (SSSR count). The molecule has 0 aromatic carbocycles. The SMILES string of the molecule is Brc1cnc(CC(Br)C2CC2)nc1. The molecule has 4 heteroatoms. The number of halogens is 2. The number of alkyl halides is 1. The number of hydrogen-bond acceptors (Lipinski definition) is 2. The molecular formula is C9H10Br2N2. The first-order chi connectivity index (χ1) is 6.25. The molecule has 0 spiro atoms. The summed E-state index contributed by atoms with van der Waals surface area (Å²) < 4.78 is 0.939. The molecule has 1 saturated carbocycles. The Morgan fingerprint density at radius 2 is 2.00 bits per heavy atom. The van der Waals surface area contributed by atoms with Crippen molar-refractivity contribution < 1.29 is 0 Å². The fourth-order valence-electron chi connectivity index (χ4n) is 1.24. The molecule has 1 atom stereocenters. The third-order valence-electron chi connectivity index (χ3n) is 2.18. The van der Waals surface area contributed by atoms with E-state index in [1.807, 2.05) is 0 Å². The highest BCUT2D eigenvalue weighted by molar-refractivity contribution is 9.10. The van der Waals surface area contributed by atoms with Crippen LogP contribution >= 0.6 is 31.9 Å². The molecule has 0 amide bonds. The minimum Gasteiger partial charge on any atom is -0.240 e. The number of rotatable bonds is 3. The second-order valence-electron chi connectivity index (χ2n) is 3.38. The molecule has 2 nitrogen and oxygen atoms in total. The molecule has 0 N–H and O–H groups in total. The highest BCUT2D eigenvalue weighted by Gasteiger charge is 2.29. The van der Waals surface area contributed by atoms with Crippen LogP contribution in [0.25, 0.3) is 0 Å². The van der Waals surface area contributed by atoms with E-state index in [1.165, 1.54) is 12.8 Å². The third-order valence-corrected chi connectivity index (χ3v) is 3.67. The van der Waals surface area contributed by atoms with Gasteiger partial charge in [0.1, 0.15) is 5.82 Å². The first kappa shape index (κ1) is 9.59. The van der Waals surface area contributed by atoms with Crippen LogP contribution in [0.3, 0.4) is 0 Å². The van der Waals surface area contributed by atoms with Gasteiger partial charge < -0.3 is 0 Å². The predicted molar refractivity (Wildman–Crippen MR) is 58.9 cm³/mol. The van der Waals surface area contributed by atoms with Gasteiger partial charge in [0.2, 0.25) is 0 Å². The highest BCUT2D eigenvalue weighted by atomic mass is 79.9. The summed E-state index contributed by atoms with van der Waals surface area (Å²) in [6.07, 6.45) is 7.25. The quantitative estimate of drug-likeness (QED) is 0.802. The molecule has 13 heavy (non-hydrogen) atoms. The lowest BCUT2D eigenvalue weighted by molar-refractivity contribution is 0.726. The Morgan fingerprint density at radius 3 is 2.54 bits per heavy atom. The van der Waals surface area contributed by atoms with Crippen LogP contribution in [-0.4, -0.2) is 14.8 Å². The van der Waals surface area contributed by atoms with Gasteiger partial charge in [-0.05, 0) is 34.7 Å². The van der Waals surface area contributed by atoms with Gasteiger partial charge in [-0.3, -0.25) is 0 Å². The lowest BCUT2D eigenvalue weighted by atomic mass is 10.2. The van der Waals surface area contributed by atoms with Gasteiger partial charge in [0, 0.05) is 23.6 Å². The van der Waals surface area contributed by atoms with Crippen LogP contribution in [-0.2, 0) is 6.42 Å². The Bertz CT molecular complexity index is 282. The predicted octanol–water partition coefficient (Wildman–Crippen LogP) is 2.96. The number of aromatic nitrogens is 2. The minimum atomic E-state index is 0.564. The summed E-state index contributed by atoms with van der Waals surface area (Å²) in [5.41, 5.74) is 0. The van der Waals surface area contributed by atoms with Crippen LogP contribution in [0.1, 0.15) is 18.7 Å². The monoisotopic (exact) mass is 304 g/mol. The average molecular weight is 306 g/mol. The van der Waals surface area contributed by atoms with Crippen molar-refractivity contribution in [2.75, 3.05) is 0 Å². The molecule has 1 aromatic heterocycles. The number of nitrogens with zero attached hydrogens (tertiary/aromatic N) is 2. The molecule has 0 saturated heterocycles. The molecule has 1 unspecified atom stereocenters. The van der Waals surface area contributed by atoms with Gasteiger partial charge in [0.05, 0.1) is 4.47 Å². The van der Waals surface area contributed by atoms with E-state index in [0.29, 0.717) is 4.83 Å². The van der Waals surface area contributed by atoms with E-state index in [9.17, 15) is 0 Å². The lowest BCUT2D eigenvalue weighted by Gasteiger charge is -2.05. The molecule has 70 valence electrons. The lowest BCUT2D eigenvalue weighted by Crippen LogP contribution is -2.07. The summed E-state index contributed by atoms with van der Waals surface area (Å²) in [6.45, 7) is 0. The summed E-state index contributed by atoms with van der Waals surface area (Å²) in [7, 11) is 0. The van der Waals surface area contributed by atoms with E-state index in [-0.39, 0.29) is 0 Å². The van der Waals surface area contributed by atoms with Crippen molar-refractivity contribution in [2.24, 2.45) is 5.92 Å². The molecule has 0 bridgehead atoms.